The van der Waals surface area contributed by atoms with Crippen molar-refractivity contribution in [3.63, 3.8) is 0 Å². The van der Waals surface area contributed by atoms with Gasteiger partial charge in [0.2, 0.25) is 11.6 Å². The summed E-state index contributed by atoms with van der Waals surface area (Å²) in [6.45, 7) is 4.28. The molecule has 26 heavy (non-hydrogen) atoms. The minimum absolute atomic E-state index is 0.0858. The monoisotopic (exact) mass is 376 g/mol. The van der Waals surface area contributed by atoms with Crippen LogP contribution < -0.4 is 10.6 Å². The molecule has 2 aromatic heterocycles. The van der Waals surface area contributed by atoms with Crippen molar-refractivity contribution in [2.45, 2.75) is 25.7 Å². The van der Waals surface area contributed by atoms with Crippen LogP contribution in [0.4, 0.5) is 17.3 Å². The van der Waals surface area contributed by atoms with Gasteiger partial charge in [-0.15, -0.1) is 11.3 Å². The molecule has 1 aliphatic rings. The molecule has 2 aromatic rings. The lowest BCUT2D eigenvalue weighted by atomic mass is 10.1. The minimum Gasteiger partial charge on any atom is -0.364 e. The number of thiophene rings is 1. The fourth-order valence-electron chi connectivity index (χ4n) is 3.08. The molecule has 1 aliphatic heterocycles. The second-order valence-corrected chi connectivity index (χ2v) is 7.29. The van der Waals surface area contributed by atoms with E-state index in [0.29, 0.717) is 13.1 Å². The van der Waals surface area contributed by atoms with E-state index in [2.05, 4.69) is 25.5 Å². The molecule has 0 aromatic carbocycles. The van der Waals surface area contributed by atoms with Gasteiger partial charge in [0.1, 0.15) is 6.33 Å². The average Bonchev–Trinajstić information content (AvgIpc) is 3.16. The van der Waals surface area contributed by atoms with E-state index in [4.69, 9.17) is 0 Å². The van der Waals surface area contributed by atoms with Gasteiger partial charge in [-0.25, -0.2) is 9.97 Å². The maximum absolute atomic E-state index is 11.5. The molecule has 0 unspecified atom stereocenters. The summed E-state index contributed by atoms with van der Waals surface area (Å²) in [5.41, 5.74) is -0.0858. The van der Waals surface area contributed by atoms with Crippen LogP contribution in [0.15, 0.2) is 23.8 Å². The third-order valence-corrected chi connectivity index (χ3v) is 5.35. The highest BCUT2D eigenvalue weighted by atomic mass is 32.1. The van der Waals surface area contributed by atoms with Gasteiger partial charge >= 0.3 is 5.69 Å². The Labute approximate surface area is 156 Å². The highest BCUT2D eigenvalue weighted by molar-refractivity contribution is 7.09. The molecule has 0 amide bonds. The second kappa shape index (κ2) is 9.44. The number of piperidine rings is 1. The Morgan fingerprint density at radius 1 is 1.15 bits per heavy atom. The molecule has 1 fully saturated rings. The van der Waals surface area contributed by atoms with Gasteiger partial charge in [0.05, 0.1) is 4.92 Å². The van der Waals surface area contributed by atoms with Gasteiger partial charge < -0.3 is 15.5 Å². The van der Waals surface area contributed by atoms with Gasteiger partial charge in [-0.2, -0.15) is 0 Å². The molecule has 0 spiro atoms. The Kier molecular flexibility index (Phi) is 6.73. The summed E-state index contributed by atoms with van der Waals surface area (Å²) in [5, 5.41) is 19.7. The van der Waals surface area contributed by atoms with Crippen LogP contribution in [-0.4, -0.2) is 52.5 Å². The molecule has 140 valence electrons. The number of likely N-dealkylation sites (tertiary alicyclic amines) is 1. The van der Waals surface area contributed by atoms with E-state index in [-0.39, 0.29) is 17.3 Å². The number of nitrogens with zero attached hydrogens (tertiary/aromatic N) is 4. The molecule has 3 rings (SSSR count). The van der Waals surface area contributed by atoms with Crippen molar-refractivity contribution < 1.29 is 4.92 Å². The van der Waals surface area contributed by atoms with Crippen LogP contribution in [0.3, 0.4) is 0 Å². The molecule has 3 heterocycles. The van der Waals surface area contributed by atoms with Crippen LogP contribution in [0.1, 0.15) is 24.1 Å². The van der Waals surface area contributed by atoms with E-state index in [1.54, 1.807) is 11.3 Å². The van der Waals surface area contributed by atoms with E-state index in [9.17, 15) is 10.1 Å². The van der Waals surface area contributed by atoms with Crippen molar-refractivity contribution in [2.75, 3.05) is 43.4 Å². The summed E-state index contributed by atoms with van der Waals surface area (Å²) in [4.78, 5) is 22.9. The first-order valence-corrected chi connectivity index (χ1v) is 9.84. The Morgan fingerprint density at radius 3 is 2.54 bits per heavy atom. The quantitative estimate of drug-likeness (QED) is 0.513. The first-order valence-electron chi connectivity index (χ1n) is 8.96. The Bertz CT molecular complexity index is 703. The molecule has 0 atom stereocenters. The van der Waals surface area contributed by atoms with Crippen molar-refractivity contribution in [1.82, 2.24) is 14.9 Å². The summed E-state index contributed by atoms with van der Waals surface area (Å²) in [5.74, 6) is 0.544. The molecule has 0 radical (unpaired) electrons. The molecule has 2 N–H and O–H groups in total. The van der Waals surface area contributed by atoms with Gasteiger partial charge in [0.15, 0.2) is 0 Å². The van der Waals surface area contributed by atoms with Crippen molar-refractivity contribution in [3.8, 4) is 0 Å². The molecule has 0 aliphatic carbocycles. The molecule has 8 nitrogen and oxygen atoms in total. The summed E-state index contributed by atoms with van der Waals surface area (Å²) >= 11 is 1.67. The summed E-state index contributed by atoms with van der Waals surface area (Å²) in [7, 11) is 0. The molecule has 1 saturated heterocycles. The van der Waals surface area contributed by atoms with Crippen molar-refractivity contribution >= 4 is 28.7 Å². The first-order chi connectivity index (χ1) is 12.7. The van der Waals surface area contributed by atoms with Gasteiger partial charge in [-0.3, -0.25) is 10.1 Å². The lowest BCUT2D eigenvalue weighted by Crippen LogP contribution is -2.33. The van der Waals surface area contributed by atoms with Crippen molar-refractivity contribution in [2.24, 2.45) is 0 Å². The predicted octanol–water partition coefficient (Wildman–Crippen LogP) is 3.00. The van der Waals surface area contributed by atoms with Crippen LogP contribution in [0.25, 0.3) is 0 Å². The molecular formula is C17H24N6O2S. The topological polar surface area (TPSA) is 96.2 Å². The van der Waals surface area contributed by atoms with Crippen molar-refractivity contribution in [3.05, 3.63) is 38.8 Å². The number of hydrogen-bond acceptors (Lipinski definition) is 8. The Hall–Kier alpha value is -2.26. The van der Waals surface area contributed by atoms with Crippen LogP contribution in [-0.2, 0) is 6.42 Å². The fourth-order valence-corrected chi connectivity index (χ4v) is 3.79. The fraction of sp³-hybridized carbons (Fsp3) is 0.529. The predicted molar refractivity (Wildman–Crippen MR) is 104 cm³/mol. The molecular weight excluding hydrogens is 352 g/mol. The first kappa shape index (κ1) is 18.5. The number of hydrogen-bond donors (Lipinski definition) is 2. The summed E-state index contributed by atoms with van der Waals surface area (Å²) in [6.07, 6.45) is 5.92. The number of nitro groups is 1. The van der Waals surface area contributed by atoms with Crippen LogP contribution in [0, 0.1) is 10.1 Å². The molecule has 0 bridgehead atoms. The highest BCUT2D eigenvalue weighted by Crippen LogP contribution is 2.28. The molecule has 0 saturated carbocycles. The van der Waals surface area contributed by atoms with E-state index >= 15 is 0 Å². The van der Waals surface area contributed by atoms with Crippen LogP contribution in [0.5, 0.6) is 0 Å². The van der Waals surface area contributed by atoms with Crippen LogP contribution >= 0.6 is 11.3 Å². The summed E-state index contributed by atoms with van der Waals surface area (Å²) < 4.78 is 0. The number of aromatic nitrogens is 2. The number of nitrogens with one attached hydrogen (secondary N) is 2. The zero-order chi connectivity index (χ0) is 18.2. The standard InChI is InChI=1S/C17H24N6O2S/c24-23(25)15-16(18-7-6-14-5-4-12-26-14)20-13-21-17(15)19-8-11-22-9-2-1-3-10-22/h4-5,12-13H,1-3,6-11H2,(H2,18,19,20,21). The second-order valence-electron chi connectivity index (χ2n) is 6.26. The third kappa shape index (κ3) is 5.12. The average molecular weight is 376 g/mol. The van der Waals surface area contributed by atoms with Gasteiger partial charge in [-0.05, 0) is 43.8 Å². The van der Waals surface area contributed by atoms with Crippen LogP contribution in [0.2, 0.25) is 0 Å². The summed E-state index contributed by atoms with van der Waals surface area (Å²) in [6, 6.07) is 4.05. The lowest BCUT2D eigenvalue weighted by Gasteiger charge is -2.26. The smallest absolute Gasteiger partial charge is 0.353 e. The zero-order valence-electron chi connectivity index (χ0n) is 14.7. The number of anilines is 2. The minimum atomic E-state index is -0.420. The maximum Gasteiger partial charge on any atom is 0.353 e. The van der Waals surface area contributed by atoms with E-state index in [1.165, 1.54) is 30.5 Å². The number of rotatable bonds is 9. The lowest BCUT2D eigenvalue weighted by molar-refractivity contribution is -0.383. The zero-order valence-corrected chi connectivity index (χ0v) is 15.5. The maximum atomic E-state index is 11.5. The van der Waals surface area contributed by atoms with Gasteiger partial charge in [0.25, 0.3) is 0 Å². The Morgan fingerprint density at radius 2 is 1.88 bits per heavy atom. The van der Waals surface area contributed by atoms with Crippen molar-refractivity contribution in [1.29, 1.82) is 0 Å². The highest BCUT2D eigenvalue weighted by Gasteiger charge is 2.22. The molecule has 9 heteroatoms. The Balaban J connectivity index is 1.58. The van der Waals surface area contributed by atoms with Gasteiger partial charge in [0, 0.05) is 24.5 Å². The van der Waals surface area contributed by atoms with E-state index in [1.807, 2.05) is 17.5 Å². The largest absolute Gasteiger partial charge is 0.364 e. The normalized spacial score (nSPS) is 14.9. The SMILES string of the molecule is O=[N+]([O-])c1c(NCCc2cccs2)ncnc1NCCN1CCCCC1. The van der Waals surface area contributed by atoms with Gasteiger partial charge in [-0.1, -0.05) is 12.5 Å². The third-order valence-electron chi connectivity index (χ3n) is 4.42. The van der Waals surface area contributed by atoms with E-state index in [0.717, 1.165) is 26.1 Å². The van der Waals surface area contributed by atoms with E-state index < -0.39 is 4.92 Å².